The molecule has 0 saturated carbocycles. The maximum atomic E-state index is 4.71. The molecule has 2 heteroatoms. The number of hydrogen-bond donors (Lipinski definition) is 0. The molecule has 0 saturated heterocycles. The highest BCUT2D eigenvalue weighted by atomic mass is 15.2. The molecule has 6 rings (SSSR count). The Labute approximate surface area is 161 Å². The van der Waals surface area contributed by atoms with Crippen LogP contribution < -0.4 is 0 Å². The zero-order chi connectivity index (χ0) is 18.4. The first kappa shape index (κ1) is 16.6. The lowest BCUT2D eigenvalue weighted by Crippen LogP contribution is -2.47. The first-order chi connectivity index (χ1) is 13.1. The number of aromatic nitrogens is 1. The van der Waals surface area contributed by atoms with Gasteiger partial charge in [-0.15, -0.1) is 0 Å². The zero-order valence-electron chi connectivity index (χ0n) is 16.1. The standard InChI is InChI=1S/C25H26N2/c1-18-8-7-10-20(26-18)14-15-27-17-25(2)22-12-5-3-9-19(22)16-24(27)21-11-4-6-13-23(21)25/h3-13,16,19,22H,14-15,17H2,1-2H3. The van der Waals surface area contributed by atoms with Crippen molar-refractivity contribution in [3.05, 3.63) is 95.4 Å². The molecule has 3 atom stereocenters. The Morgan fingerprint density at radius 2 is 1.93 bits per heavy atom. The Bertz CT molecular complexity index is 968. The summed E-state index contributed by atoms with van der Waals surface area (Å²) in [5.74, 6) is 0.993. The van der Waals surface area contributed by atoms with E-state index in [0.717, 1.165) is 25.2 Å². The molecule has 0 spiro atoms. The van der Waals surface area contributed by atoms with Gasteiger partial charge in [0, 0.05) is 53.5 Å². The van der Waals surface area contributed by atoms with Crippen molar-refractivity contribution in [3.8, 4) is 0 Å². The summed E-state index contributed by atoms with van der Waals surface area (Å²) in [6, 6.07) is 15.4. The van der Waals surface area contributed by atoms with E-state index in [1.165, 1.54) is 22.5 Å². The SMILES string of the molecule is Cc1cccc(CCN2CC3(C)c4ccccc4C2=CC2C=CC=CC23)n1. The molecule has 0 N–H and O–H groups in total. The number of pyridine rings is 1. The molecule has 0 radical (unpaired) electrons. The molecule has 2 nitrogen and oxygen atoms in total. The molecule has 136 valence electrons. The van der Waals surface area contributed by atoms with Crippen LogP contribution in [0.2, 0.25) is 0 Å². The molecule has 1 aromatic heterocycles. The normalized spacial score (nSPS) is 27.8. The van der Waals surface area contributed by atoms with Crippen molar-refractivity contribution in [1.82, 2.24) is 9.88 Å². The molecule has 2 aliphatic carbocycles. The molecule has 2 aromatic rings. The highest BCUT2D eigenvalue weighted by Gasteiger charge is 2.47. The molecular formula is C25H26N2. The molecule has 4 aliphatic rings. The first-order valence-corrected chi connectivity index (χ1v) is 9.99. The number of benzene rings is 1. The fourth-order valence-corrected chi connectivity index (χ4v) is 5.21. The maximum Gasteiger partial charge on any atom is 0.0424 e. The number of fused-ring (bicyclic) bond motifs is 1. The van der Waals surface area contributed by atoms with Gasteiger partial charge in [0.05, 0.1) is 0 Å². The second-order valence-corrected chi connectivity index (χ2v) is 8.33. The lowest BCUT2D eigenvalue weighted by molar-refractivity contribution is 0.229. The average molecular weight is 354 g/mol. The average Bonchev–Trinajstić information content (AvgIpc) is 2.88. The number of rotatable bonds is 3. The zero-order valence-corrected chi connectivity index (χ0v) is 16.1. The number of hydrogen-bond acceptors (Lipinski definition) is 2. The monoisotopic (exact) mass is 354 g/mol. The second kappa shape index (κ2) is 6.23. The second-order valence-electron chi connectivity index (χ2n) is 8.33. The third-order valence-corrected chi connectivity index (χ3v) is 6.53. The van der Waals surface area contributed by atoms with Crippen LogP contribution in [-0.2, 0) is 11.8 Å². The van der Waals surface area contributed by atoms with Crippen LogP contribution in [0, 0.1) is 18.8 Å². The molecule has 3 heterocycles. The van der Waals surface area contributed by atoms with E-state index >= 15 is 0 Å². The van der Waals surface area contributed by atoms with Crippen molar-refractivity contribution in [2.45, 2.75) is 25.7 Å². The van der Waals surface area contributed by atoms with Crippen molar-refractivity contribution < 1.29 is 0 Å². The summed E-state index contributed by atoms with van der Waals surface area (Å²) >= 11 is 0. The van der Waals surface area contributed by atoms with Crippen LogP contribution in [0.3, 0.4) is 0 Å². The summed E-state index contributed by atoms with van der Waals surface area (Å²) < 4.78 is 0. The number of nitrogens with zero attached hydrogens (tertiary/aromatic N) is 2. The van der Waals surface area contributed by atoms with Crippen LogP contribution in [0.5, 0.6) is 0 Å². The van der Waals surface area contributed by atoms with Gasteiger partial charge in [-0.1, -0.05) is 67.6 Å². The Morgan fingerprint density at radius 3 is 2.81 bits per heavy atom. The Kier molecular flexibility index (Phi) is 3.82. The minimum absolute atomic E-state index is 0.124. The van der Waals surface area contributed by atoms with Gasteiger partial charge in [-0.25, -0.2) is 0 Å². The van der Waals surface area contributed by atoms with Gasteiger partial charge in [-0.3, -0.25) is 4.98 Å². The van der Waals surface area contributed by atoms with Crippen LogP contribution in [0.1, 0.15) is 29.4 Å². The van der Waals surface area contributed by atoms with Gasteiger partial charge in [0.25, 0.3) is 0 Å². The fraction of sp³-hybridized carbons (Fsp3) is 0.320. The third-order valence-electron chi connectivity index (χ3n) is 6.53. The van der Waals surface area contributed by atoms with Crippen molar-refractivity contribution in [1.29, 1.82) is 0 Å². The van der Waals surface area contributed by atoms with E-state index in [0.29, 0.717) is 11.8 Å². The lowest BCUT2D eigenvalue weighted by Gasteiger charge is -2.46. The molecule has 3 unspecified atom stereocenters. The van der Waals surface area contributed by atoms with E-state index < -0.39 is 0 Å². The van der Waals surface area contributed by atoms with Crippen LogP contribution in [0.15, 0.2) is 72.8 Å². The van der Waals surface area contributed by atoms with E-state index in [2.05, 4.69) is 91.6 Å². The van der Waals surface area contributed by atoms with Crippen LogP contribution in [0.4, 0.5) is 0 Å². The van der Waals surface area contributed by atoms with E-state index in [1.54, 1.807) is 0 Å². The highest BCUT2D eigenvalue weighted by Crippen LogP contribution is 2.51. The first-order valence-electron chi connectivity index (χ1n) is 9.99. The van der Waals surface area contributed by atoms with Crippen molar-refractivity contribution in [2.75, 3.05) is 13.1 Å². The Hall–Kier alpha value is -2.61. The quantitative estimate of drug-likeness (QED) is 0.778. The molecule has 1 aromatic carbocycles. The topological polar surface area (TPSA) is 16.1 Å². The minimum Gasteiger partial charge on any atom is -0.370 e. The highest BCUT2D eigenvalue weighted by molar-refractivity contribution is 5.73. The summed E-state index contributed by atoms with van der Waals surface area (Å²) in [6.45, 7) is 6.61. The molecule has 2 bridgehead atoms. The van der Waals surface area contributed by atoms with Crippen molar-refractivity contribution in [2.24, 2.45) is 11.8 Å². The summed E-state index contributed by atoms with van der Waals surface area (Å²) in [7, 11) is 0. The van der Waals surface area contributed by atoms with E-state index in [1.807, 2.05) is 0 Å². The summed E-state index contributed by atoms with van der Waals surface area (Å²) in [4.78, 5) is 7.31. The summed E-state index contributed by atoms with van der Waals surface area (Å²) in [5, 5.41) is 0. The minimum atomic E-state index is 0.124. The number of allylic oxidation sites excluding steroid dienone is 5. The molecule has 0 amide bonds. The van der Waals surface area contributed by atoms with Gasteiger partial charge in [0.1, 0.15) is 0 Å². The number of aryl methyl sites for hydroxylation is 1. The molecule has 2 aliphatic heterocycles. The molecule has 0 fully saturated rings. The molecule has 27 heavy (non-hydrogen) atoms. The fourth-order valence-electron chi connectivity index (χ4n) is 5.21. The van der Waals surface area contributed by atoms with Gasteiger partial charge in [0.15, 0.2) is 0 Å². The van der Waals surface area contributed by atoms with Crippen LogP contribution in [-0.4, -0.2) is 23.0 Å². The smallest absolute Gasteiger partial charge is 0.0424 e. The van der Waals surface area contributed by atoms with Gasteiger partial charge in [-0.2, -0.15) is 0 Å². The predicted octanol–water partition coefficient (Wildman–Crippen LogP) is 4.92. The third kappa shape index (κ3) is 2.66. The summed E-state index contributed by atoms with van der Waals surface area (Å²) in [5.41, 5.74) is 6.74. The predicted molar refractivity (Wildman–Crippen MR) is 111 cm³/mol. The maximum absolute atomic E-state index is 4.71. The van der Waals surface area contributed by atoms with E-state index in [-0.39, 0.29) is 5.41 Å². The van der Waals surface area contributed by atoms with Gasteiger partial charge < -0.3 is 4.90 Å². The largest absolute Gasteiger partial charge is 0.370 e. The Balaban J connectivity index is 1.54. The Morgan fingerprint density at radius 1 is 1.07 bits per heavy atom. The van der Waals surface area contributed by atoms with Crippen molar-refractivity contribution >= 4 is 5.70 Å². The van der Waals surface area contributed by atoms with Gasteiger partial charge in [0.2, 0.25) is 0 Å². The van der Waals surface area contributed by atoms with E-state index in [9.17, 15) is 0 Å². The van der Waals surface area contributed by atoms with Gasteiger partial charge >= 0.3 is 0 Å². The van der Waals surface area contributed by atoms with Crippen LogP contribution >= 0.6 is 0 Å². The lowest BCUT2D eigenvalue weighted by atomic mass is 9.65. The van der Waals surface area contributed by atoms with E-state index in [4.69, 9.17) is 4.98 Å². The van der Waals surface area contributed by atoms with Gasteiger partial charge in [-0.05, 0) is 30.5 Å². The van der Waals surface area contributed by atoms with Crippen LogP contribution in [0.25, 0.3) is 5.70 Å². The summed E-state index contributed by atoms with van der Waals surface area (Å²) in [6.07, 6.45) is 12.7. The molecular weight excluding hydrogens is 328 g/mol. The van der Waals surface area contributed by atoms with Crippen molar-refractivity contribution in [3.63, 3.8) is 0 Å².